The molecule has 0 bridgehead atoms. The Morgan fingerprint density at radius 1 is 1.45 bits per heavy atom. The van der Waals surface area contributed by atoms with Crippen LogP contribution in [0.2, 0.25) is 0 Å². The summed E-state index contributed by atoms with van der Waals surface area (Å²) < 4.78 is 30.3. The van der Waals surface area contributed by atoms with Crippen LogP contribution in [0.1, 0.15) is 25.6 Å². The Balaban J connectivity index is 1.91. The number of hydrogen-bond donors (Lipinski definition) is 2. The predicted molar refractivity (Wildman–Crippen MR) is 74.8 cm³/mol. The number of nitrogens with one attached hydrogen (secondary N) is 1. The molecule has 0 radical (unpaired) electrons. The van der Waals surface area contributed by atoms with Crippen molar-refractivity contribution in [2.75, 3.05) is 19.6 Å². The van der Waals surface area contributed by atoms with Gasteiger partial charge in [0.15, 0.2) is 0 Å². The molecular formula is C11H22N6O2S. The maximum atomic E-state index is 12.2. The van der Waals surface area contributed by atoms with Gasteiger partial charge in [-0.3, -0.25) is 0 Å². The first-order chi connectivity index (χ1) is 9.56. The maximum Gasteiger partial charge on any atom is 0.279 e. The fraction of sp³-hybridized carbons (Fsp3) is 0.818. The van der Waals surface area contributed by atoms with Crippen LogP contribution in [-0.4, -0.2) is 47.1 Å². The summed E-state index contributed by atoms with van der Waals surface area (Å²) in [5, 5.41) is 7.69. The van der Waals surface area contributed by atoms with Crippen molar-refractivity contribution in [3.8, 4) is 0 Å². The van der Waals surface area contributed by atoms with E-state index in [-0.39, 0.29) is 6.54 Å². The van der Waals surface area contributed by atoms with Crippen LogP contribution < -0.4 is 10.5 Å². The standard InChI is InChI=1S/C11H22N6O2S/c1-2-16-9-13-15-11(16)8-14-20(18,19)17-5-3-10(7-12)4-6-17/h9-10,14H,2-8,12H2,1H3. The monoisotopic (exact) mass is 302 g/mol. The zero-order chi connectivity index (χ0) is 14.6. The van der Waals surface area contributed by atoms with E-state index >= 15 is 0 Å². The zero-order valence-electron chi connectivity index (χ0n) is 11.7. The molecule has 2 rings (SSSR count). The molecule has 20 heavy (non-hydrogen) atoms. The van der Waals surface area contributed by atoms with Crippen molar-refractivity contribution < 1.29 is 8.42 Å². The molecule has 1 aliphatic rings. The van der Waals surface area contributed by atoms with E-state index < -0.39 is 10.2 Å². The van der Waals surface area contributed by atoms with Crippen LogP contribution in [0.15, 0.2) is 6.33 Å². The van der Waals surface area contributed by atoms with Crippen LogP contribution in [0.5, 0.6) is 0 Å². The fourth-order valence-corrected chi connectivity index (χ4v) is 3.50. The van der Waals surface area contributed by atoms with Crippen LogP contribution in [0, 0.1) is 5.92 Å². The summed E-state index contributed by atoms with van der Waals surface area (Å²) in [7, 11) is -3.45. The van der Waals surface area contributed by atoms with Crippen molar-refractivity contribution >= 4 is 10.2 Å². The Hall–Kier alpha value is -1.03. The minimum Gasteiger partial charge on any atom is -0.330 e. The van der Waals surface area contributed by atoms with Crippen LogP contribution in [0.3, 0.4) is 0 Å². The lowest BCUT2D eigenvalue weighted by molar-refractivity contribution is 0.275. The number of nitrogens with zero attached hydrogens (tertiary/aromatic N) is 4. The van der Waals surface area contributed by atoms with Crippen molar-refractivity contribution in [2.45, 2.75) is 32.9 Å². The van der Waals surface area contributed by atoms with E-state index in [0.29, 0.717) is 37.9 Å². The molecule has 1 saturated heterocycles. The Labute approximate surface area is 119 Å². The van der Waals surface area contributed by atoms with E-state index in [0.717, 1.165) is 12.8 Å². The molecule has 0 aromatic carbocycles. The molecule has 8 nitrogen and oxygen atoms in total. The van der Waals surface area contributed by atoms with Gasteiger partial charge in [-0.1, -0.05) is 0 Å². The normalized spacial score (nSPS) is 18.5. The Morgan fingerprint density at radius 2 is 2.15 bits per heavy atom. The van der Waals surface area contributed by atoms with Gasteiger partial charge < -0.3 is 10.3 Å². The fourth-order valence-electron chi connectivity index (χ4n) is 2.31. The molecule has 0 spiro atoms. The van der Waals surface area contributed by atoms with Crippen LogP contribution in [-0.2, 0) is 23.3 Å². The van der Waals surface area contributed by atoms with Gasteiger partial charge in [-0.15, -0.1) is 10.2 Å². The minimum atomic E-state index is -3.45. The topological polar surface area (TPSA) is 106 Å². The molecule has 9 heteroatoms. The second kappa shape index (κ2) is 6.61. The van der Waals surface area contributed by atoms with Gasteiger partial charge in [-0.05, 0) is 32.2 Å². The van der Waals surface area contributed by atoms with E-state index in [1.165, 1.54) is 4.31 Å². The predicted octanol–water partition coefficient (Wildman–Crippen LogP) is -0.697. The van der Waals surface area contributed by atoms with Crippen molar-refractivity contribution in [2.24, 2.45) is 11.7 Å². The van der Waals surface area contributed by atoms with E-state index in [4.69, 9.17) is 5.73 Å². The summed E-state index contributed by atoms with van der Waals surface area (Å²) in [6.45, 7) is 4.51. The summed E-state index contributed by atoms with van der Waals surface area (Å²) in [5.41, 5.74) is 5.61. The second-order valence-electron chi connectivity index (χ2n) is 4.94. The first kappa shape index (κ1) is 15.4. The van der Waals surface area contributed by atoms with Gasteiger partial charge in [-0.25, -0.2) is 0 Å². The first-order valence-corrected chi connectivity index (χ1v) is 8.32. The smallest absolute Gasteiger partial charge is 0.279 e. The molecule has 0 amide bonds. The maximum absolute atomic E-state index is 12.2. The molecule has 1 aromatic heterocycles. The molecular weight excluding hydrogens is 280 g/mol. The number of aromatic nitrogens is 3. The van der Waals surface area contributed by atoms with Crippen molar-refractivity contribution in [1.82, 2.24) is 23.8 Å². The SMILES string of the molecule is CCn1cnnc1CNS(=O)(=O)N1CCC(CN)CC1. The summed E-state index contributed by atoms with van der Waals surface area (Å²) in [5.74, 6) is 1.05. The highest BCUT2D eigenvalue weighted by atomic mass is 32.2. The number of nitrogens with two attached hydrogens (primary N) is 1. The molecule has 1 aromatic rings. The van der Waals surface area contributed by atoms with E-state index in [1.807, 2.05) is 11.5 Å². The molecule has 0 atom stereocenters. The number of piperidine rings is 1. The summed E-state index contributed by atoms with van der Waals surface area (Å²) in [4.78, 5) is 0. The average Bonchev–Trinajstić information content (AvgIpc) is 2.93. The molecule has 0 unspecified atom stereocenters. The lowest BCUT2D eigenvalue weighted by Gasteiger charge is -2.30. The van der Waals surface area contributed by atoms with Crippen LogP contribution in [0.4, 0.5) is 0 Å². The Morgan fingerprint density at radius 3 is 2.75 bits per heavy atom. The quantitative estimate of drug-likeness (QED) is 0.723. The van der Waals surface area contributed by atoms with Gasteiger partial charge in [0.2, 0.25) is 0 Å². The zero-order valence-corrected chi connectivity index (χ0v) is 12.5. The minimum absolute atomic E-state index is 0.160. The lowest BCUT2D eigenvalue weighted by Crippen LogP contribution is -2.45. The van der Waals surface area contributed by atoms with Gasteiger partial charge in [0.25, 0.3) is 10.2 Å². The van der Waals surface area contributed by atoms with Crippen molar-refractivity contribution in [3.05, 3.63) is 12.2 Å². The second-order valence-corrected chi connectivity index (χ2v) is 6.69. The third kappa shape index (κ3) is 3.54. The number of rotatable bonds is 6. The van der Waals surface area contributed by atoms with Gasteiger partial charge >= 0.3 is 0 Å². The highest BCUT2D eigenvalue weighted by Crippen LogP contribution is 2.17. The van der Waals surface area contributed by atoms with Crippen LogP contribution in [0.25, 0.3) is 0 Å². The Kier molecular flexibility index (Phi) is 5.08. The molecule has 0 aliphatic carbocycles. The molecule has 0 saturated carbocycles. The summed E-state index contributed by atoms with van der Waals surface area (Å²) >= 11 is 0. The third-order valence-corrected chi connectivity index (χ3v) is 5.25. The lowest BCUT2D eigenvalue weighted by atomic mass is 9.99. The summed E-state index contributed by atoms with van der Waals surface area (Å²) in [6, 6.07) is 0. The largest absolute Gasteiger partial charge is 0.330 e. The van der Waals surface area contributed by atoms with E-state index in [2.05, 4.69) is 14.9 Å². The number of aryl methyl sites for hydroxylation is 1. The average molecular weight is 302 g/mol. The molecule has 3 N–H and O–H groups in total. The Bertz CT molecular complexity index is 521. The molecule has 2 heterocycles. The molecule has 1 aliphatic heterocycles. The summed E-state index contributed by atoms with van der Waals surface area (Å²) in [6.07, 6.45) is 3.24. The van der Waals surface area contributed by atoms with E-state index in [9.17, 15) is 8.42 Å². The van der Waals surface area contributed by atoms with Gasteiger partial charge in [0.05, 0.1) is 6.54 Å². The third-order valence-electron chi connectivity index (χ3n) is 3.70. The van der Waals surface area contributed by atoms with E-state index in [1.54, 1.807) is 6.33 Å². The van der Waals surface area contributed by atoms with Gasteiger partial charge in [-0.2, -0.15) is 17.4 Å². The van der Waals surface area contributed by atoms with Crippen molar-refractivity contribution in [3.63, 3.8) is 0 Å². The van der Waals surface area contributed by atoms with Crippen molar-refractivity contribution in [1.29, 1.82) is 0 Å². The first-order valence-electron chi connectivity index (χ1n) is 6.88. The molecule has 114 valence electrons. The van der Waals surface area contributed by atoms with Gasteiger partial charge in [0, 0.05) is 19.6 Å². The molecule has 1 fully saturated rings. The van der Waals surface area contributed by atoms with Crippen LogP contribution >= 0.6 is 0 Å². The highest BCUT2D eigenvalue weighted by Gasteiger charge is 2.27. The number of hydrogen-bond acceptors (Lipinski definition) is 5. The van der Waals surface area contributed by atoms with Gasteiger partial charge in [0.1, 0.15) is 12.2 Å². The highest BCUT2D eigenvalue weighted by molar-refractivity contribution is 7.87.